The van der Waals surface area contributed by atoms with Gasteiger partial charge in [-0.15, -0.1) is 0 Å². The molecule has 0 bridgehead atoms. The summed E-state index contributed by atoms with van der Waals surface area (Å²) in [5.74, 6) is 0.444. The van der Waals surface area contributed by atoms with Gasteiger partial charge in [-0.3, -0.25) is 14.2 Å². The van der Waals surface area contributed by atoms with Crippen LogP contribution in [0.5, 0.6) is 0 Å². The van der Waals surface area contributed by atoms with E-state index in [0.717, 1.165) is 12.8 Å². The summed E-state index contributed by atoms with van der Waals surface area (Å²) in [6.45, 7) is 5.25. The predicted molar refractivity (Wildman–Crippen MR) is 128 cm³/mol. The van der Waals surface area contributed by atoms with Gasteiger partial charge in [0.05, 0.1) is 28.8 Å². The van der Waals surface area contributed by atoms with Crippen LogP contribution < -0.4 is 5.56 Å². The van der Waals surface area contributed by atoms with Crippen LogP contribution in [0.1, 0.15) is 33.1 Å². The highest BCUT2D eigenvalue weighted by Gasteiger charge is 2.25. The van der Waals surface area contributed by atoms with Crippen molar-refractivity contribution in [2.24, 2.45) is 0 Å². The molecular formula is C25H28FN3O3S. The van der Waals surface area contributed by atoms with Crippen LogP contribution in [0.2, 0.25) is 0 Å². The van der Waals surface area contributed by atoms with Crippen LogP contribution in [0.15, 0.2) is 58.5 Å². The van der Waals surface area contributed by atoms with Crippen LogP contribution in [0.3, 0.4) is 0 Å². The Bertz CT molecular complexity index is 1190. The Labute approximate surface area is 196 Å². The first-order valence-electron chi connectivity index (χ1n) is 11.3. The third kappa shape index (κ3) is 5.62. The molecule has 1 aliphatic rings. The second kappa shape index (κ2) is 10.5. The minimum Gasteiger partial charge on any atom is -0.372 e. The van der Waals surface area contributed by atoms with Crippen LogP contribution in [0.4, 0.5) is 4.39 Å². The van der Waals surface area contributed by atoms with Crippen molar-refractivity contribution in [2.75, 3.05) is 18.8 Å². The molecule has 0 radical (unpaired) electrons. The topological polar surface area (TPSA) is 64.4 Å². The van der Waals surface area contributed by atoms with Gasteiger partial charge in [-0.1, -0.05) is 30.0 Å². The maximum Gasteiger partial charge on any atom is 0.266 e. The van der Waals surface area contributed by atoms with Crippen LogP contribution in [-0.2, 0) is 9.53 Å². The van der Waals surface area contributed by atoms with Crippen molar-refractivity contribution in [2.45, 2.75) is 50.5 Å². The number of ether oxygens (including phenoxy) is 1. The smallest absolute Gasteiger partial charge is 0.266 e. The fourth-order valence-electron chi connectivity index (χ4n) is 4.13. The maximum atomic E-state index is 13.9. The van der Waals surface area contributed by atoms with Gasteiger partial charge < -0.3 is 9.64 Å². The van der Waals surface area contributed by atoms with E-state index >= 15 is 0 Å². The lowest BCUT2D eigenvalue weighted by atomic mass is 10.2. The van der Waals surface area contributed by atoms with Crippen molar-refractivity contribution in [3.63, 3.8) is 0 Å². The summed E-state index contributed by atoms with van der Waals surface area (Å²) in [6.07, 6.45) is 2.17. The lowest BCUT2D eigenvalue weighted by molar-refractivity contribution is -0.143. The van der Waals surface area contributed by atoms with Crippen molar-refractivity contribution in [1.82, 2.24) is 14.5 Å². The molecule has 4 rings (SSSR count). The lowest BCUT2D eigenvalue weighted by Gasteiger charge is -2.35. The van der Waals surface area contributed by atoms with Crippen LogP contribution >= 0.6 is 11.8 Å². The van der Waals surface area contributed by atoms with E-state index in [-0.39, 0.29) is 23.7 Å². The zero-order valence-electron chi connectivity index (χ0n) is 18.9. The van der Waals surface area contributed by atoms with E-state index in [1.54, 1.807) is 30.3 Å². The molecule has 174 valence electrons. The van der Waals surface area contributed by atoms with Crippen molar-refractivity contribution >= 4 is 28.6 Å². The number of hydrogen-bond acceptors (Lipinski definition) is 5. The fraction of sp³-hybridized carbons (Fsp3) is 0.400. The summed E-state index contributed by atoms with van der Waals surface area (Å²) in [7, 11) is 0. The third-order valence-corrected chi connectivity index (χ3v) is 6.62. The first-order valence-corrected chi connectivity index (χ1v) is 12.2. The van der Waals surface area contributed by atoms with Crippen molar-refractivity contribution in [1.29, 1.82) is 0 Å². The molecule has 0 N–H and O–H groups in total. The molecule has 33 heavy (non-hydrogen) atoms. The molecule has 0 aliphatic carbocycles. The van der Waals surface area contributed by atoms with Crippen LogP contribution in [0.25, 0.3) is 16.6 Å². The van der Waals surface area contributed by atoms with Gasteiger partial charge in [0.2, 0.25) is 5.91 Å². The second-order valence-electron chi connectivity index (χ2n) is 8.39. The number of para-hydroxylation sites is 1. The minimum atomic E-state index is -0.409. The molecule has 1 fully saturated rings. The Morgan fingerprint density at radius 1 is 1.12 bits per heavy atom. The molecule has 1 saturated heterocycles. The van der Waals surface area contributed by atoms with Gasteiger partial charge in [-0.2, -0.15) is 0 Å². The minimum absolute atomic E-state index is 0.0618. The van der Waals surface area contributed by atoms with Gasteiger partial charge in [0, 0.05) is 25.3 Å². The zero-order valence-corrected chi connectivity index (χ0v) is 19.7. The molecule has 2 heterocycles. The highest BCUT2D eigenvalue weighted by atomic mass is 32.2. The van der Waals surface area contributed by atoms with Gasteiger partial charge in [0.25, 0.3) is 5.56 Å². The molecule has 1 amide bonds. The molecule has 6 nitrogen and oxygen atoms in total. The van der Waals surface area contributed by atoms with E-state index in [2.05, 4.69) is 4.98 Å². The molecule has 0 spiro atoms. The first kappa shape index (κ1) is 23.4. The van der Waals surface area contributed by atoms with E-state index in [4.69, 9.17) is 4.74 Å². The summed E-state index contributed by atoms with van der Waals surface area (Å²) in [4.78, 5) is 32.3. The molecule has 2 aromatic carbocycles. The number of carbonyl (C=O) groups excluding carboxylic acids is 1. The van der Waals surface area contributed by atoms with Gasteiger partial charge in [-0.05, 0) is 57.0 Å². The molecule has 3 aromatic rings. The SMILES string of the molecule is CC1CN(C(=O)CCCCSc2nc3ccccc3c(=O)n2-c2cccc(F)c2)CC(C)O1. The number of aromatic nitrogens is 2. The number of amides is 1. The highest BCUT2D eigenvalue weighted by molar-refractivity contribution is 7.99. The standard InChI is InChI=1S/C25H28FN3O3S/c1-17-15-28(16-18(2)32-17)23(30)12-5-6-13-33-25-27-22-11-4-3-10-21(22)24(31)29(25)20-9-7-8-19(26)14-20/h3-4,7-11,14,17-18H,5-6,12-13,15-16H2,1-2H3. The van der Waals surface area contributed by atoms with E-state index in [9.17, 15) is 14.0 Å². The summed E-state index contributed by atoms with van der Waals surface area (Å²) in [5, 5.41) is 1.01. The van der Waals surface area contributed by atoms with Gasteiger partial charge in [0.15, 0.2) is 5.16 Å². The number of hydrogen-bond donors (Lipinski definition) is 0. The number of benzene rings is 2. The Morgan fingerprint density at radius 2 is 1.88 bits per heavy atom. The number of halogens is 1. The molecule has 2 unspecified atom stereocenters. The lowest BCUT2D eigenvalue weighted by Crippen LogP contribution is -2.48. The summed E-state index contributed by atoms with van der Waals surface area (Å²) in [6, 6.07) is 13.1. The normalized spacial score (nSPS) is 18.6. The fourth-order valence-corrected chi connectivity index (χ4v) is 5.14. The van der Waals surface area contributed by atoms with Crippen molar-refractivity contribution in [3.8, 4) is 5.69 Å². The van der Waals surface area contributed by atoms with Crippen LogP contribution in [-0.4, -0.2) is 51.4 Å². The molecule has 1 aliphatic heterocycles. The monoisotopic (exact) mass is 469 g/mol. The third-order valence-electron chi connectivity index (χ3n) is 5.60. The van der Waals surface area contributed by atoms with Gasteiger partial charge in [-0.25, -0.2) is 9.37 Å². The largest absolute Gasteiger partial charge is 0.372 e. The average molecular weight is 470 g/mol. The molecular weight excluding hydrogens is 441 g/mol. The van der Waals surface area contributed by atoms with E-state index in [0.29, 0.717) is 47.0 Å². The number of unbranched alkanes of at least 4 members (excludes halogenated alkanes) is 1. The van der Waals surface area contributed by atoms with Gasteiger partial charge in [0.1, 0.15) is 5.82 Å². The number of morpholine rings is 1. The Balaban J connectivity index is 1.43. The molecule has 0 saturated carbocycles. The molecule has 1 aromatic heterocycles. The molecule has 2 atom stereocenters. The summed E-state index contributed by atoms with van der Waals surface area (Å²) in [5.41, 5.74) is 0.842. The average Bonchev–Trinajstić information content (AvgIpc) is 2.78. The second-order valence-corrected chi connectivity index (χ2v) is 9.46. The summed E-state index contributed by atoms with van der Waals surface area (Å²) < 4.78 is 21.0. The van der Waals surface area contributed by atoms with E-state index in [1.165, 1.54) is 28.5 Å². The zero-order chi connectivity index (χ0) is 23.4. The highest BCUT2D eigenvalue weighted by Crippen LogP contribution is 2.23. The maximum absolute atomic E-state index is 13.9. The quantitative estimate of drug-likeness (QED) is 0.291. The molecule has 8 heteroatoms. The number of fused-ring (bicyclic) bond motifs is 1. The van der Waals surface area contributed by atoms with E-state index in [1.807, 2.05) is 24.8 Å². The Kier molecular flexibility index (Phi) is 7.45. The number of carbonyl (C=O) groups is 1. The van der Waals surface area contributed by atoms with Crippen molar-refractivity contribution < 1.29 is 13.9 Å². The predicted octanol–water partition coefficient (Wildman–Crippen LogP) is 4.42. The van der Waals surface area contributed by atoms with E-state index < -0.39 is 5.82 Å². The van der Waals surface area contributed by atoms with Crippen LogP contribution in [0, 0.1) is 5.82 Å². The number of thioether (sulfide) groups is 1. The Hall–Kier alpha value is -2.71. The summed E-state index contributed by atoms with van der Waals surface area (Å²) >= 11 is 1.45. The first-order chi connectivity index (χ1) is 15.9. The number of rotatable bonds is 7. The Morgan fingerprint density at radius 3 is 2.64 bits per heavy atom. The number of nitrogens with zero attached hydrogens (tertiary/aromatic N) is 3. The van der Waals surface area contributed by atoms with Crippen molar-refractivity contribution in [3.05, 3.63) is 64.7 Å². The van der Waals surface area contributed by atoms with Gasteiger partial charge >= 0.3 is 0 Å².